The zero-order chi connectivity index (χ0) is 22.6. The van der Waals surface area contributed by atoms with Gasteiger partial charge in [-0.25, -0.2) is 17.9 Å². The maximum absolute atomic E-state index is 12.7. The first-order chi connectivity index (χ1) is 15.4. The molecule has 1 saturated heterocycles. The lowest BCUT2D eigenvalue weighted by Gasteiger charge is -2.13. The Balaban J connectivity index is 1.41. The summed E-state index contributed by atoms with van der Waals surface area (Å²) in [6.07, 6.45) is 1.52. The normalized spacial score (nSPS) is 16.2. The highest BCUT2D eigenvalue weighted by atomic mass is 35.5. The Bertz CT molecular complexity index is 1190. The number of aromatic nitrogens is 1. The number of carbonyl (C=O) groups is 1. The summed E-state index contributed by atoms with van der Waals surface area (Å²) in [7, 11) is -3.93. The monoisotopic (exact) mass is 476 g/mol. The predicted molar refractivity (Wildman–Crippen MR) is 117 cm³/mol. The van der Waals surface area contributed by atoms with Crippen molar-refractivity contribution in [2.45, 2.75) is 30.4 Å². The van der Waals surface area contributed by atoms with Crippen molar-refractivity contribution in [2.24, 2.45) is 0 Å². The van der Waals surface area contributed by atoms with Gasteiger partial charge in [0.25, 0.3) is 0 Å². The summed E-state index contributed by atoms with van der Waals surface area (Å²) in [5.74, 6) is -0.157. The van der Waals surface area contributed by atoms with Crippen molar-refractivity contribution in [2.75, 3.05) is 13.2 Å². The van der Waals surface area contributed by atoms with Gasteiger partial charge in [-0.05, 0) is 31.0 Å². The minimum absolute atomic E-state index is 0.00499. The second-order valence-electron chi connectivity index (χ2n) is 7.26. The molecule has 4 rings (SSSR count). The van der Waals surface area contributed by atoms with E-state index in [4.69, 9.17) is 25.6 Å². The largest absolute Gasteiger partial charge is 0.455 e. The van der Waals surface area contributed by atoms with Crippen LogP contribution in [0.25, 0.3) is 11.3 Å². The summed E-state index contributed by atoms with van der Waals surface area (Å²) in [6, 6.07) is 15.0. The van der Waals surface area contributed by atoms with E-state index in [0.717, 1.165) is 18.4 Å². The summed E-state index contributed by atoms with van der Waals surface area (Å²) in [4.78, 5) is 12.3. The van der Waals surface area contributed by atoms with Crippen LogP contribution in [0.15, 0.2) is 64.0 Å². The van der Waals surface area contributed by atoms with E-state index in [1.54, 1.807) is 6.07 Å². The topological polar surface area (TPSA) is 108 Å². The molecule has 1 fully saturated rings. The van der Waals surface area contributed by atoms with Crippen molar-refractivity contribution in [3.8, 4) is 11.3 Å². The van der Waals surface area contributed by atoms with E-state index in [1.807, 2.05) is 30.3 Å². The third kappa shape index (κ3) is 5.36. The van der Waals surface area contributed by atoms with E-state index < -0.39 is 16.0 Å². The van der Waals surface area contributed by atoms with Gasteiger partial charge < -0.3 is 14.0 Å². The molecular weight excluding hydrogens is 456 g/mol. The van der Waals surface area contributed by atoms with Crippen LogP contribution in [0.1, 0.15) is 28.9 Å². The Morgan fingerprint density at radius 3 is 2.75 bits per heavy atom. The standard InChI is InChI=1S/C22H21ClN2O6S/c23-19-9-8-16(11-21(19)32(27,28)24-13-18-7-4-10-29-18)22(26)30-14-17-12-20(31-25-17)15-5-2-1-3-6-15/h1-3,5-6,8-9,11-12,18,24H,4,7,10,13-14H2. The maximum Gasteiger partial charge on any atom is 0.338 e. The molecule has 3 aromatic rings. The molecular formula is C22H21ClN2O6S. The minimum atomic E-state index is -3.93. The van der Waals surface area contributed by atoms with Crippen LogP contribution in [0.4, 0.5) is 0 Å². The zero-order valence-corrected chi connectivity index (χ0v) is 18.6. The quantitative estimate of drug-likeness (QED) is 0.492. The van der Waals surface area contributed by atoms with Crippen LogP contribution in [0.3, 0.4) is 0 Å². The molecule has 32 heavy (non-hydrogen) atoms. The second-order valence-corrected chi connectivity index (χ2v) is 9.40. The van der Waals surface area contributed by atoms with E-state index in [0.29, 0.717) is 18.1 Å². The van der Waals surface area contributed by atoms with E-state index in [2.05, 4.69) is 9.88 Å². The molecule has 1 unspecified atom stereocenters. The number of benzene rings is 2. The highest BCUT2D eigenvalue weighted by Gasteiger charge is 2.24. The number of nitrogens with one attached hydrogen (secondary N) is 1. The average Bonchev–Trinajstić information content (AvgIpc) is 3.49. The summed E-state index contributed by atoms with van der Waals surface area (Å²) in [5, 5.41) is 3.91. The van der Waals surface area contributed by atoms with Crippen LogP contribution in [0.5, 0.6) is 0 Å². The van der Waals surface area contributed by atoms with E-state index in [9.17, 15) is 13.2 Å². The summed E-state index contributed by atoms with van der Waals surface area (Å²) in [6.45, 7) is 0.632. The van der Waals surface area contributed by atoms with Crippen molar-refractivity contribution < 1.29 is 27.2 Å². The Morgan fingerprint density at radius 2 is 2.00 bits per heavy atom. The number of hydrogen-bond acceptors (Lipinski definition) is 7. The molecule has 8 nitrogen and oxygen atoms in total. The molecule has 0 spiro atoms. The number of rotatable bonds is 8. The SMILES string of the molecule is O=C(OCc1cc(-c2ccccc2)on1)c1ccc(Cl)c(S(=O)(=O)NCC2CCCO2)c1. The number of halogens is 1. The molecule has 0 radical (unpaired) electrons. The molecule has 2 aromatic carbocycles. The van der Waals surface area contributed by atoms with Crippen molar-refractivity contribution in [3.63, 3.8) is 0 Å². The van der Waals surface area contributed by atoms with Crippen LogP contribution in [-0.4, -0.2) is 38.8 Å². The number of hydrogen-bond donors (Lipinski definition) is 1. The lowest BCUT2D eigenvalue weighted by Crippen LogP contribution is -2.32. The van der Waals surface area contributed by atoms with Crippen molar-refractivity contribution in [1.82, 2.24) is 9.88 Å². The summed E-state index contributed by atoms with van der Waals surface area (Å²) in [5.41, 5.74) is 1.33. The summed E-state index contributed by atoms with van der Waals surface area (Å²) >= 11 is 6.09. The molecule has 1 aliphatic rings. The molecule has 168 valence electrons. The van der Waals surface area contributed by atoms with E-state index >= 15 is 0 Å². The molecule has 0 amide bonds. The van der Waals surface area contributed by atoms with E-state index in [-0.39, 0.29) is 34.7 Å². The van der Waals surface area contributed by atoms with Crippen molar-refractivity contribution >= 4 is 27.6 Å². The van der Waals surface area contributed by atoms with Crippen LogP contribution < -0.4 is 4.72 Å². The van der Waals surface area contributed by atoms with Gasteiger partial charge in [-0.15, -0.1) is 0 Å². The molecule has 0 saturated carbocycles. The van der Waals surface area contributed by atoms with Gasteiger partial charge in [0.05, 0.1) is 16.7 Å². The fourth-order valence-electron chi connectivity index (χ4n) is 3.26. The van der Waals surface area contributed by atoms with Gasteiger partial charge in [0, 0.05) is 24.8 Å². The smallest absolute Gasteiger partial charge is 0.338 e. The van der Waals surface area contributed by atoms with Gasteiger partial charge in [-0.2, -0.15) is 0 Å². The van der Waals surface area contributed by atoms with Crippen molar-refractivity contribution in [1.29, 1.82) is 0 Å². The maximum atomic E-state index is 12.7. The molecule has 1 atom stereocenters. The van der Waals surface area contributed by atoms with Gasteiger partial charge in [0.2, 0.25) is 10.0 Å². The fraction of sp³-hybridized carbons (Fsp3) is 0.273. The van der Waals surface area contributed by atoms with Gasteiger partial charge >= 0.3 is 5.97 Å². The number of carbonyl (C=O) groups excluding carboxylic acids is 1. The highest BCUT2D eigenvalue weighted by Crippen LogP contribution is 2.24. The predicted octanol–water partition coefficient (Wildman–Crippen LogP) is 3.81. The molecule has 0 aliphatic carbocycles. The number of sulfonamides is 1. The molecule has 10 heteroatoms. The van der Waals surface area contributed by atoms with Gasteiger partial charge in [0.1, 0.15) is 17.2 Å². The van der Waals surface area contributed by atoms with Gasteiger partial charge in [-0.1, -0.05) is 47.1 Å². The number of nitrogens with zero attached hydrogens (tertiary/aromatic N) is 1. The second kappa shape index (κ2) is 9.83. The molecule has 2 heterocycles. The van der Waals surface area contributed by atoms with Crippen LogP contribution in [0, 0.1) is 0 Å². The fourth-order valence-corrected chi connectivity index (χ4v) is 4.85. The highest BCUT2D eigenvalue weighted by molar-refractivity contribution is 7.89. The first-order valence-corrected chi connectivity index (χ1v) is 11.9. The third-order valence-electron chi connectivity index (χ3n) is 4.95. The molecule has 0 bridgehead atoms. The lowest BCUT2D eigenvalue weighted by atomic mass is 10.2. The first kappa shape index (κ1) is 22.5. The number of ether oxygens (including phenoxy) is 2. The Hall–Kier alpha value is -2.72. The average molecular weight is 477 g/mol. The molecule has 1 aliphatic heterocycles. The lowest BCUT2D eigenvalue weighted by molar-refractivity contribution is 0.0464. The summed E-state index contributed by atoms with van der Waals surface area (Å²) < 4.78 is 43.8. The molecule has 1 N–H and O–H groups in total. The van der Waals surface area contributed by atoms with E-state index in [1.165, 1.54) is 18.2 Å². The van der Waals surface area contributed by atoms with Gasteiger partial charge in [-0.3, -0.25) is 0 Å². The third-order valence-corrected chi connectivity index (χ3v) is 6.85. The Labute approximate surface area is 190 Å². The first-order valence-electron chi connectivity index (χ1n) is 10.0. The minimum Gasteiger partial charge on any atom is -0.455 e. The Kier molecular flexibility index (Phi) is 6.90. The Morgan fingerprint density at radius 1 is 1.19 bits per heavy atom. The zero-order valence-electron chi connectivity index (χ0n) is 17.0. The van der Waals surface area contributed by atoms with Crippen LogP contribution in [-0.2, 0) is 26.1 Å². The van der Waals surface area contributed by atoms with Crippen LogP contribution in [0.2, 0.25) is 5.02 Å². The molecule has 1 aromatic heterocycles. The number of esters is 1. The van der Waals surface area contributed by atoms with Gasteiger partial charge in [0.15, 0.2) is 5.76 Å². The van der Waals surface area contributed by atoms with Crippen LogP contribution >= 0.6 is 11.6 Å². The van der Waals surface area contributed by atoms with Crippen molar-refractivity contribution in [3.05, 3.63) is 70.9 Å².